The molecule has 6 N–H and O–H groups in total. The van der Waals surface area contributed by atoms with Crippen molar-refractivity contribution in [3.8, 4) is 0 Å². The number of rotatable bonds is 11. The van der Waals surface area contributed by atoms with Crippen LogP contribution in [0, 0.1) is 3.57 Å². The number of aromatic nitrogens is 2. The van der Waals surface area contributed by atoms with E-state index in [1.54, 1.807) is 22.6 Å². The van der Waals surface area contributed by atoms with E-state index >= 15 is 0 Å². The van der Waals surface area contributed by atoms with Crippen LogP contribution in [0.25, 0.3) is 0 Å². The molecule has 1 fully saturated rings. The highest BCUT2D eigenvalue weighted by Crippen LogP contribution is 2.44. The molecule has 1 aliphatic rings. The molecule has 0 saturated carbocycles. The van der Waals surface area contributed by atoms with Crippen LogP contribution in [0.1, 0.15) is 51.9 Å². The van der Waals surface area contributed by atoms with E-state index in [0.717, 1.165) is 31.9 Å². The normalized spacial score (nSPS) is 29.6. The Balaban J connectivity index is 2.33. The van der Waals surface area contributed by atoms with E-state index in [1.807, 2.05) is 4.98 Å². The molecule has 1 aromatic heterocycles. The molecule has 0 aliphatic carbocycles. The predicted molar refractivity (Wildman–Crippen MR) is 114 cm³/mol. The molecule has 1 unspecified atom stereocenters. The zero-order chi connectivity index (χ0) is 23.4. The number of hydrogen-bond donors (Lipinski definition) is 6. The number of nitrogens with one attached hydrogen (secondary N) is 1. The smallest absolute Gasteiger partial charge is 0.332 e. The molecule has 5 atom stereocenters. The van der Waals surface area contributed by atoms with Gasteiger partial charge in [-0.25, -0.2) is 13.8 Å². The molecule has 1 saturated heterocycles. The first-order valence-electron chi connectivity index (χ1n) is 10.1. The van der Waals surface area contributed by atoms with E-state index in [-0.39, 0.29) is 15.1 Å². The standard InChI is InChI=1S/C18H29FIN3O8/c1-2-3-4-5-6-7-8-13(19)23(30)17(28)14(25)12(10-24)31-18(17,29)22-9-11(20)15(26)21-16(22)27/h9,12-14,24-25,28-30H,2-8,10H2,1H3,(H,21,26,27)/t12-,13?,14-,17-,18+/m1/s1. The summed E-state index contributed by atoms with van der Waals surface area (Å²) in [4.78, 5) is 25.8. The molecule has 1 aromatic rings. The van der Waals surface area contributed by atoms with E-state index in [0.29, 0.717) is 17.4 Å². The van der Waals surface area contributed by atoms with Crippen LogP contribution in [0.2, 0.25) is 0 Å². The highest BCUT2D eigenvalue weighted by Gasteiger charge is 2.71. The molecule has 1 aliphatic heterocycles. The van der Waals surface area contributed by atoms with Gasteiger partial charge in [-0.05, 0) is 35.4 Å². The van der Waals surface area contributed by atoms with Crippen molar-refractivity contribution in [2.45, 2.75) is 82.0 Å². The summed E-state index contributed by atoms with van der Waals surface area (Å²) in [5.74, 6) is -3.23. The van der Waals surface area contributed by atoms with Crippen molar-refractivity contribution in [2.75, 3.05) is 6.61 Å². The van der Waals surface area contributed by atoms with Gasteiger partial charge in [0.25, 0.3) is 5.56 Å². The van der Waals surface area contributed by atoms with Crippen molar-refractivity contribution >= 4 is 22.6 Å². The summed E-state index contributed by atoms with van der Waals surface area (Å²) in [5, 5.41) is 52.2. The second-order valence-corrected chi connectivity index (χ2v) is 8.72. The number of alkyl halides is 1. The fourth-order valence-electron chi connectivity index (χ4n) is 3.57. The van der Waals surface area contributed by atoms with Crippen molar-refractivity contribution < 1.29 is 34.8 Å². The number of ether oxygens (including phenoxy) is 1. The number of nitrogens with zero attached hydrogens (tertiary/aromatic N) is 2. The Labute approximate surface area is 191 Å². The quantitative estimate of drug-likeness (QED) is 0.0712. The Morgan fingerprint density at radius 3 is 2.52 bits per heavy atom. The van der Waals surface area contributed by atoms with Crippen LogP contribution in [0.15, 0.2) is 15.8 Å². The van der Waals surface area contributed by atoms with Gasteiger partial charge in [0.15, 0.2) is 6.30 Å². The zero-order valence-corrected chi connectivity index (χ0v) is 19.2. The molecule has 0 amide bonds. The van der Waals surface area contributed by atoms with Gasteiger partial charge in [-0.1, -0.05) is 39.0 Å². The van der Waals surface area contributed by atoms with Crippen molar-refractivity contribution in [1.82, 2.24) is 14.6 Å². The first-order chi connectivity index (χ1) is 14.5. The number of hydroxylamine groups is 2. The zero-order valence-electron chi connectivity index (χ0n) is 17.1. The van der Waals surface area contributed by atoms with Crippen LogP contribution in [-0.4, -0.2) is 71.1 Å². The summed E-state index contributed by atoms with van der Waals surface area (Å²) in [6, 6.07) is 0. The molecule has 0 bridgehead atoms. The fraction of sp³-hybridized carbons (Fsp3) is 0.778. The number of aromatic amines is 1. The van der Waals surface area contributed by atoms with Crippen molar-refractivity contribution in [3.05, 3.63) is 30.6 Å². The molecule has 0 spiro atoms. The molecular formula is C18H29FIN3O8. The minimum atomic E-state index is -3.28. The van der Waals surface area contributed by atoms with Gasteiger partial charge in [0.2, 0.25) is 5.72 Å². The maximum absolute atomic E-state index is 14.8. The third kappa shape index (κ3) is 5.03. The molecular weight excluding hydrogens is 532 g/mol. The van der Waals surface area contributed by atoms with E-state index in [2.05, 4.69) is 6.92 Å². The minimum absolute atomic E-state index is 0.105. The average Bonchev–Trinajstić information content (AvgIpc) is 2.94. The van der Waals surface area contributed by atoms with Crippen LogP contribution in [0.5, 0.6) is 0 Å². The highest BCUT2D eigenvalue weighted by atomic mass is 127. The largest absolute Gasteiger partial charge is 0.394 e. The molecule has 0 radical (unpaired) electrons. The Morgan fingerprint density at radius 1 is 1.29 bits per heavy atom. The van der Waals surface area contributed by atoms with Gasteiger partial charge >= 0.3 is 11.6 Å². The summed E-state index contributed by atoms with van der Waals surface area (Å²) >= 11 is 1.54. The first-order valence-corrected chi connectivity index (χ1v) is 11.2. The number of aliphatic hydroxyl groups excluding tert-OH is 2. The predicted octanol–water partition coefficient (Wildman–Crippen LogP) is -0.0782. The van der Waals surface area contributed by atoms with Crippen LogP contribution in [-0.2, 0) is 10.6 Å². The maximum atomic E-state index is 14.8. The minimum Gasteiger partial charge on any atom is -0.394 e. The van der Waals surface area contributed by atoms with E-state index in [4.69, 9.17) is 4.74 Å². The lowest BCUT2D eigenvalue weighted by molar-refractivity contribution is -0.428. The molecule has 0 aromatic carbocycles. The second kappa shape index (κ2) is 10.8. The van der Waals surface area contributed by atoms with Gasteiger partial charge in [0.1, 0.15) is 12.2 Å². The average molecular weight is 561 g/mol. The van der Waals surface area contributed by atoms with Crippen molar-refractivity contribution in [2.24, 2.45) is 0 Å². The molecule has 2 rings (SSSR count). The summed E-state index contributed by atoms with van der Waals surface area (Å²) in [5.41, 5.74) is -5.33. The third-order valence-corrected chi connectivity index (χ3v) is 6.14. The number of unbranched alkanes of at least 4 members (excludes halogenated alkanes) is 5. The molecule has 13 heteroatoms. The van der Waals surface area contributed by atoms with Crippen molar-refractivity contribution in [3.63, 3.8) is 0 Å². The Bertz CT molecular complexity index is 854. The summed E-state index contributed by atoms with van der Waals surface area (Å²) in [7, 11) is 0. The van der Waals surface area contributed by atoms with Crippen LogP contribution >= 0.6 is 22.6 Å². The maximum Gasteiger partial charge on any atom is 0.332 e. The van der Waals surface area contributed by atoms with Gasteiger partial charge in [-0.3, -0.25) is 9.78 Å². The Hall–Kier alpha value is -0.940. The molecule has 178 valence electrons. The topological polar surface area (TPSA) is 168 Å². The van der Waals surface area contributed by atoms with Crippen LogP contribution in [0.4, 0.5) is 4.39 Å². The van der Waals surface area contributed by atoms with E-state index in [1.165, 1.54) is 0 Å². The van der Waals surface area contributed by atoms with Crippen LogP contribution < -0.4 is 11.2 Å². The lowest BCUT2D eigenvalue weighted by Crippen LogP contribution is -2.69. The van der Waals surface area contributed by atoms with Gasteiger partial charge in [-0.15, -0.1) is 5.06 Å². The summed E-state index contributed by atoms with van der Waals surface area (Å²) < 4.78 is 20.1. The van der Waals surface area contributed by atoms with Gasteiger partial charge in [0.05, 0.1) is 10.2 Å². The fourth-order valence-corrected chi connectivity index (χ4v) is 3.99. The Kier molecular flexibility index (Phi) is 9.15. The van der Waals surface area contributed by atoms with Crippen molar-refractivity contribution in [1.29, 1.82) is 0 Å². The molecule has 31 heavy (non-hydrogen) atoms. The first kappa shape index (κ1) is 26.3. The SMILES string of the molecule is CCCCCCCCC(F)N(O)[C@@]1(O)[C@H](O)[C@@H](CO)O[C@]1(O)n1cc(I)c(=O)[nH]c1=O. The lowest BCUT2D eigenvalue weighted by Gasteiger charge is -2.43. The second-order valence-electron chi connectivity index (χ2n) is 7.56. The van der Waals surface area contributed by atoms with E-state index < -0.39 is 48.0 Å². The van der Waals surface area contributed by atoms with E-state index in [9.17, 15) is 39.6 Å². The monoisotopic (exact) mass is 561 g/mol. The van der Waals surface area contributed by atoms with Gasteiger partial charge < -0.3 is 30.4 Å². The van der Waals surface area contributed by atoms with Gasteiger partial charge in [-0.2, -0.15) is 0 Å². The lowest BCUT2D eigenvalue weighted by atomic mass is 10.00. The van der Waals surface area contributed by atoms with Crippen LogP contribution in [0.3, 0.4) is 0 Å². The number of H-pyrrole nitrogens is 1. The van der Waals surface area contributed by atoms with Gasteiger partial charge in [0, 0.05) is 6.20 Å². The number of aliphatic hydroxyl groups is 4. The summed E-state index contributed by atoms with van der Waals surface area (Å²) in [6.45, 7) is 1.13. The Morgan fingerprint density at radius 2 is 1.90 bits per heavy atom. The molecule has 11 nitrogen and oxygen atoms in total. The summed E-state index contributed by atoms with van der Waals surface area (Å²) in [6.07, 6.45) is -0.581. The molecule has 2 heterocycles. The third-order valence-electron chi connectivity index (χ3n) is 5.38. The number of hydrogen-bond acceptors (Lipinski definition) is 9. The number of halogens is 2. The highest BCUT2D eigenvalue weighted by molar-refractivity contribution is 14.1.